The second-order valence-electron chi connectivity index (χ2n) is 6.37. The third kappa shape index (κ3) is 6.34. The minimum atomic E-state index is -1.04. The molecule has 1 aromatic heterocycles. The van der Waals surface area contributed by atoms with E-state index in [9.17, 15) is 14.7 Å². The number of nitrogens with one attached hydrogen (secondary N) is 1. The lowest BCUT2D eigenvalue weighted by Crippen LogP contribution is -2.18. The van der Waals surface area contributed by atoms with Crippen LogP contribution < -0.4 is 10.2 Å². The van der Waals surface area contributed by atoms with Crippen molar-refractivity contribution in [3.8, 4) is 17.1 Å². The Morgan fingerprint density at radius 2 is 1.94 bits per heavy atom. The van der Waals surface area contributed by atoms with E-state index < -0.39 is 5.97 Å². The number of carbonyl (C=O) groups excluding carboxylic acids is 1. The van der Waals surface area contributed by atoms with Gasteiger partial charge in [-0.15, -0.1) is 0 Å². The molecular formula is C22H18Cl2N2O5. The summed E-state index contributed by atoms with van der Waals surface area (Å²) in [6.45, 7) is 0.309. The minimum absolute atomic E-state index is 0.135. The van der Waals surface area contributed by atoms with Crippen LogP contribution in [0.3, 0.4) is 0 Å². The lowest BCUT2D eigenvalue weighted by Gasteiger charge is -2.07. The van der Waals surface area contributed by atoms with Crippen molar-refractivity contribution in [3.63, 3.8) is 0 Å². The number of carboxylic acid groups (broad SMARTS) is 1. The van der Waals surface area contributed by atoms with Crippen LogP contribution in [0.4, 0.5) is 0 Å². The number of halogens is 2. The van der Waals surface area contributed by atoms with E-state index in [-0.39, 0.29) is 17.9 Å². The normalized spacial score (nSPS) is 10.9. The first-order valence-corrected chi connectivity index (χ1v) is 10.0. The van der Waals surface area contributed by atoms with Crippen LogP contribution in [-0.2, 0) is 4.79 Å². The van der Waals surface area contributed by atoms with Gasteiger partial charge in [-0.05, 0) is 42.8 Å². The second-order valence-corrected chi connectivity index (χ2v) is 7.22. The lowest BCUT2D eigenvalue weighted by molar-refractivity contribution is -0.121. The Morgan fingerprint density at radius 1 is 1.13 bits per heavy atom. The maximum atomic E-state index is 11.9. The van der Waals surface area contributed by atoms with E-state index in [0.717, 1.165) is 0 Å². The number of benzene rings is 2. The van der Waals surface area contributed by atoms with Gasteiger partial charge in [0.25, 0.3) is 0 Å². The van der Waals surface area contributed by atoms with Gasteiger partial charge in [0.2, 0.25) is 5.91 Å². The molecule has 31 heavy (non-hydrogen) atoms. The smallest absolute Gasteiger partial charge is 0.336 e. The summed E-state index contributed by atoms with van der Waals surface area (Å²) in [4.78, 5) is 23.2. The molecule has 0 aliphatic carbocycles. The maximum absolute atomic E-state index is 11.9. The summed E-state index contributed by atoms with van der Waals surface area (Å²) in [5, 5.41) is 14.1. The Hall–Kier alpha value is -3.29. The number of hydrogen-bond acceptors (Lipinski definition) is 5. The standard InChI is InChI=1S/C22H18Cl2N2O5/c23-14-7-9-20(18(24)12-14)30-11-3-6-21(27)26-25-13-15-8-10-19(31-15)16-4-1-2-5-17(16)22(28)29/h1-2,4-5,7-10,12-13H,3,6,11H2,(H,26,27)(H,28,29)/b25-13-. The van der Waals surface area contributed by atoms with E-state index in [1.54, 1.807) is 48.5 Å². The molecule has 7 nitrogen and oxygen atoms in total. The summed E-state index contributed by atoms with van der Waals surface area (Å²) < 4.78 is 11.1. The average molecular weight is 461 g/mol. The van der Waals surface area contributed by atoms with Crippen molar-refractivity contribution in [1.82, 2.24) is 5.43 Å². The number of carboxylic acids is 1. The van der Waals surface area contributed by atoms with E-state index in [4.69, 9.17) is 32.4 Å². The van der Waals surface area contributed by atoms with Gasteiger partial charge in [-0.2, -0.15) is 5.10 Å². The monoisotopic (exact) mass is 460 g/mol. The van der Waals surface area contributed by atoms with Gasteiger partial charge in [0.1, 0.15) is 17.3 Å². The molecule has 3 rings (SSSR count). The van der Waals surface area contributed by atoms with Gasteiger partial charge in [-0.1, -0.05) is 41.4 Å². The number of carbonyl (C=O) groups is 2. The van der Waals surface area contributed by atoms with Crippen molar-refractivity contribution in [1.29, 1.82) is 0 Å². The molecule has 0 bridgehead atoms. The van der Waals surface area contributed by atoms with Crippen LogP contribution in [-0.4, -0.2) is 29.8 Å². The molecule has 1 amide bonds. The Balaban J connectivity index is 1.46. The maximum Gasteiger partial charge on any atom is 0.336 e. The van der Waals surface area contributed by atoms with Crippen molar-refractivity contribution in [3.05, 3.63) is 76.0 Å². The van der Waals surface area contributed by atoms with Crippen LogP contribution in [0.15, 0.2) is 64.1 Å². The number of furan rings is 1. The molecule has 0 saturated carbocycles. The minimum Gasteiger partial charge on any atom is -0.492 e. The van der Waals surface area contributed by atoms with Gasteiger partial charge in [-0.3, -0.25) is 4.79 Å². The molecule has 0 saturated heterocycles. The van der Waals surface area contributed by atoms with Crippen LogP contribution in [0.2, 0.25) is 10.0 Å². The molecule has 0 aliphatic rings. The highest BCUT2D eigenvalue weighted by molar-refractivity contribution is 6.35. The van der Waals surface area contributed by atoms with Crippen molar-refractivity contribution in [2.75, 3.05) is 6.61 Å². The number of hydrazone groups is 1. The fraction of sp³-hybridized carbons (Fsp3) is 0.136. The predicted molar refractivity (Wildman–Crippen MR) is 118 cm³/mol. The fourth-order valence-corrected chi connectivity index (χ4v) is 3.15. The van der Waals surface area contributed by atoms with Gasteiger partial charge in [0, 0.05) is 17.0 Å². The van der Waals surface area contributed by atoms with Gasteiger partial charge in [0.05, 0.1) is 23.4 Å². The molecule has 1 heterocycles. The molecule has 9 heteroatoms. The number of hydrogen-bond donors (Lipinski definition) is 2. The first-order valence-electron chi connectivity index (χ1n) is 9.26. The van der Waals surface area contributed by atoms with E-state index in [2.05, 4.69) is 10.5 Å². The van der Waals surface area contributed by atoms with Gasteiger partial charge < -0.3 is 14.3 Å². The molecule has 0 spiro atoms. The highest BCUT2D eigenvalue weighted by atomic mass is 35.5. The Morgan fingerprint density at radius 3 is 2.71 bits per heavy atom. The first-order chi connectivity index (χ1) is 14.9. The average Bonchev–Trinajstić information content (AvgIpc) is 3.21. The zero-order valence-corrected chi connectivity index (χ0v) is 17.7. The third-order valence-corrected chi connectivity index (χ3v) is 4.66. The van der Waals surface area contributed by atoms with Crippen LogP contribution in [0.1, 0.15) is 29.0 Å². The molecule has 0 radical (unpaired) electrons. The quantitative estimate of drug-likeness (QED) is 0.257. The van der Waals surface area contributed by atoms with Crippen LogP contribution >= 0.6 is 23.2 Å². The van der Waals surface area contributed by atoms with E-state index in [1.807, 2.05) is 0 Å². The summed E-state index contributed by atoms with van der Waals surface area (Å²) in [5.41, 5.74) is 3.00. The largest absolute Gasteiger partial charge is 0.492 e. The number of aromatic carboxylic acids is 1. The molecule has 2 N–H and O–H groups in total. The summed E-state index contributed by atoms with van der Waals surface area (Å²) >= 11 is 11.8. The van der Waals surface area contributed by atoms with E-state index in [1.165, 1.54) is 12.3 Å². The topological polar surface area (TPSA) is 101 Å². The molecule has 0 fully saturated rings. The highest BCUT2D eigenvalue weighted by Crippen LogP contribution is 2.27. The van der Waals surface area contributed by atoms with Crippen molar-refractivity contribution < 1.29 is 23.8 Å². The summed E-state index contributed by atoms with van der Waals surface area (Å²) in [5.74, 6) is -0.0653. The van der Waals surface area contributed by atoms with Crippen molar-refractivity contribution >= 4 is 41.3 Å². The Kier molecular flexibility index (Phi) is 7.70. The summed E-state index contributed by atoms with van der Waals surface area (Å²) in [6, 6.07) is 14.7. The molecular weight excluding hydrogens is 443 g/mol. The van der Waals surface area contributed by atoms with Crippen LogP contribution in [0, 0.1) is 0 Å². The molecule has 3 aromatic rings. The fourth-order valence-electron chi connectivity index (χ4n) is 2.68. The molecule has 2 aromatic carbocycles. The van der Waals surface area contributed by atoms with Gasteiger partial charge in [-0.25, -0.2) is 10.2 Å². The van der Waals surface area contributed by atoms with Crippen molar-refractivity contribution in [2.24, 2.45) is 5.10 Å². The zero-order valence-electron chi connectivity index (χ0n) is 16.2. The number of rotatable bonds is 9. The van der Waals surface area contributed by atoms with Crippen molar-refractivity contribution in [2.45, 2.75) is 12.8 Å². The summed E-state index contributed by atoms with van der Waals surface area (Å²) in [7, 11) is 0. The van der Waals surface area contributed by atoms with Crippen LogP contribution in [0.25, 0.3) is 11.3 Å². The molecule has 0 unspecified atom stereocenters. The lowest BCUT2D eigenvalue weighted by atomic mass is 10.1. The summed E-state index contributed by atoms with van der Waals surface area (Å²) in [6.07, 6.45) is 2.02. The SMILES string of the molecule is O=C(CCCOc1ccc(Cl)cc1Cl)N/N=C\c1ccc(-c2ccccc2C(=O)O)o1. The number of amides is 1. The van der Waals surface area contributed by atoms with Gasteiger partial charge in [0.15, 0.2) is 0 Å². The van der Waals surface area contributed by atoms with Gasteiger partial charge >= 0.3 is 5.97 Å². The molecule has 0 aliphatic heterocycles. The highest BCUT2D eigenvalue weighted by Gasteiger charge is 2.13. The van der Waals surface area contributed by atoms with E-state index >= 15 is 0 Å². The molecule has 160 valence electrons. The number of ether oxygens (including phenoxy) is 1. The number of nitrogens with zero attached hydrogens (tertiary/aromatic N) is 1. The first kappa shape index (κ1) is 22.4. The molecule has 0 atom stereocenters. The second kappa shape index (κ2) is 10.7. The Labute approximate surface area is 188 Å². The Bertz CT molecular complexity index is 1110. The third-order valence-electron chi connectivity index (χ3n) is 4.13. The zero-order chi connectivity index (χ0) is 22.2. The van der Waals surface area contributed by atoms with E-state index in [0.29, 0.717) is 45.9 Å². The van der Waals surface area contributed by atoms with Crippen LogP contribution in [0.5, 0.6) is 5.75 Å². The predicted octanol–water partition coefficient (Wildman–Crippen LogP) is 5.26.